The lowest BCUT2D eigenvalue weighted by molar-refractivity contribution is -0.160. The van der Waals surface area contributed by atoms with Gasteiger partial charge in [-0.2, -0.15) is 4.31 Å². The highest BCUT2D eigenvalue weighted by molar-refractivity contribution is 7.89. The fourth-order valence-corrected chi connectivity index (χ4v) is 7.72. The van der Waals surface area contributed by atoms with Crippen molar-refractivity contribution in [3.8, 4) is 11.1 Å². The summed E-state index contributed by atoms with van der Waals surface area (Å²) in [6, 6.07) is 8.05. The van der Waals surface area contributed by atoms with E-state index in [0.29, 0.717) is 24.9 Å². The molecule has 6 nitrogen and oxygen atoms in total. The van der Waals surface area contributed by atoms with Gasteiger partial charge < -0.3 is 9.84 Å². The van der Waals surface area contributed by atoms with E-state index in [1.165, 1.54) is 0 Å². The summed E-state index contributed by atoms with van der Waals surface area (Å²) < 4.78 is 34.9. The number of benzene rings is 2. The van der Waals surface area contributed by atoms with Crippen molar-refractivity contribution >= 4 is 16.0 Å². The molecule has 2 aliphatic rings. The number of aliphatic carboxylic acids is 1. The van der Waals surface area contributed by atoms with Crippen LogP contribution < -0.4 is 0 Å². The zero-order valence-electron chi connectivity index (χ0n) is 22.3. The van der Waals surface area contributed by atoms with Gasteiger partial charge in [-0.3, -0.25) is 0 Å². The van der Waals surface area contributed by atoms with E-state index in [4.69, 9.17) is 4.74 Å². The average molecular weight is 514 g/mol. The number of hydrogen-bond acceptors (Lipinski definition) is 4. The molecule has 36 heavy (non-hydrogen) atoms. The first-order valence-electron chi connectivity index (χ1n) is 12.9. The van der Waals surface area contributed by atoms with E-state index in [0.717, 1.165) is 58.2 Å². The average Bonchev–Trinajstić information content (AvgIpc) is 3.28. The van der Waals surface area contributed by atoms with Crippen molar-refractivity contribution in [1.82, 2.24) is 4.31 Å². The second-order valence-electron chi connectivity index (χ2n) is 11.4. The molecule has 1 heterocycles. The summed E-state index contributed by atoms with van der Waals surface area (Å²) >= 11 is 0. The van der Waals surface area contributed by atoms with Gasteiger partial charge in [0.1, 0.15) is 0 Å². The van der Waals surface area contributed by atoms with Gasteiger partial charge in [-0.15, -0.1) is 0 Å². The lowest BCUT2D eigenvalue weighted by Gasteiger charge is -2.30. The Morgan fingerprint density at radius 3 is 2.06 bits per heavy atom. The molecule has 2 aromatic rings. The molecule has 1 saturated carbocycles. The second kappa shape index (κ2) is 9.92. The Kier molecular flexibility index (Phi) is 7.39. The van der Waals surface area contributed by atoms with Crippen molar-refractivity contribution in [2.45, 2.75) is 104 Å². The van der Waals surface area contributed by atoms with Gasteiger partial charge in [0.2, 0.25) is 10.0 Å². The zero-order chi connectivity index (χ0) is 26.4. The van der Waals surface area contributed by atoms with Crippen LogP contribution in [0.3, 0.4) is 0 Å². The highest BCUT2D eigenvalue weighted by atomic mass is 32.2. The normalized spacial score (nSPS) is 18.3. The third-order valence-electron chi connectivity index (χ3n) is 7.62. The molecule has 196 valence electrons. The zero-order valence-corrected chi connectivity index (χ0v) is 23.2. The number of carbonyl (C=O) groups is 1. The summed E-state index contributed by atoms with van der Waals surface area (Å²) in [6.07, 6.45) is 3.26. The van der Waals surface area contributed by atoms with Gasteiger partial charge in [0, 0.05) is 18.7 Å². The Balaban J connectivity index is 1.89. The number of aryl methyl sites for hydroxylation is 1. The summed E-state index contributed by atoms with van der Waals surface area (Å²) in [6.45, 7) is 12.1. The third-order valence-corrected chi connectivity index (χ3v) is 9.91. The van der Waals surface area contributed by atoms with Crippen LogP contribution >= 0.6 is 0 Å². The molecule has 0 saturated heterocycles. The van der Waals surface area contributed by atoms with Gasteiger partial charge in [-0.1, -0.05) is 49.1 Å². The van der Waals surface area contributed by atoms with E-state index in [1.807, 2.05) is 65.8 Å². The molecule has 0 spiro atoms. The van der Waals surface area contributed by atoms with Crippen LogP contribution in [0.15, 0.2) is 24.3 Å². The van der Waals surface area contributed by atoms with E-state index in [1.54, 1.807) is 4.31 Å². The van der Waals surface area contributed by atoms with E-state index >= 15 is 0 Å². The van der Waals surface area contributed by atoms with Crippen molar-refractivity contribution in [1.29, 1.82) is 0 Å². The fraction of sp³-hybridized carbons (Fsp3) is 0.552. The number of carboxylic acids is 1. The van der Waals surface area contributed by atoms with E-state index < -0.39 is 27.7 Å². The number of sulfonamides is 1. The molecule has 0 aromatic heterocycles. The van der Waals surface area contributed by atoms with E-state index in [9.17, 15) is 18.3 Å². The number of rotatable bonds is 6. The van der Waals surface area contributed by atoms with E-state index in [-0.39, 0.29) is 11.8 Å². The third kappa shape index (κ3) is 5.11. The summed E-state index contributed by atoms with van der Waals surface area (Å²) in [4.78, 5) is 12.6. The lowest BCUT2D eigenvalue weighted by Crippen LogP contribution is -2.36. The minimum atomic E-state index is -3.44. The maximum atomic E-state index is 13.6. The summed E-state index contributed by atoms with van der Waals surface area (Å²) in [5, 5.41) is 9.96. The number of fused-ring (bicyclic) bond motifs is 1. The first-order valence-corrected chi connectivity index (χ1v) is 14.4. The molecule has 1 fully saturated rings. The van der Waals surface area contributed by atoms with Crippen LogP contribution in [0.25, 0.3) is 11.1 Å². The monoisotopic (exact) mass is 513 g/mol. The molecule has 1 N–H and O–H groups in total. The minimum Gasteiger partial charge on any atom is -0.479 e. The highest BCUT2D eigenvalue weighted by Gasteiger charge is 2.40. The first kappa shape index (κ1) is 26.8. The lowest BCUT2D eigenvalue weighted by atomic mass is 9.83. The molecule has 1 atom stereocenters. The molecule has 1 aliphatic carbocycles. The van der Waals surface area contributed by atoms with Crippen molar-refractivity contribution in [3.63, 3.8) is 0 Å². The Hall–Kier alpha value is -2.22. The topological polar surface area (TPSA) is 83.9 Å². The first-order chi connectivity index (χ1) is 16.8. The number of nitrogens with zero attached hydrogens (tertiary/aromatic N) is 1. The van der Waals surface area contributed by atoms with Crippen LogP contribution in [0.1, 0.15) is 92.4 Å². The Morgan fingerprint density at radius 2 is 1.53 bits per heavy atom. The Morgan fingerprint density at radius 1 is 0.972 bits per heavy atom. The molecule has 0 bridgehead atoms. The SMILES string of the molecule is Cc1ccc(-c2c(C)c3c(c(C)c2C(OC(C)(C)C)C(=O)O)CN(S(=O)(=O)C2CCCCC2)C3)cc1. The van der Waals surface area contributed by atoms with Gasteiger partial charge >= 0.3 is 5.97 Å². The molecule has 4 rings (SSSR count). The molecular weight excluding hydrogens is 474 g/mol. The van der Waals surface area contributed by atoms with Crippen molar-refractivity contribution in [3.05, 3.63) is 57.6 Å². The second-order valence-corrected chi connectivity index (χ2v) is 13.6. The molecule has 1 unspecified atom stereocenters. The van der Waals surface area contributed by atoms with Crippen LogP contribution in [0.2, 0.25) is 0 Å². The van der Waals surface area contributed by atoms with Crippen LogP contribution in [0, 0.1) is 20.8 Å². The summed E-state index contributed by atoms with van der Waals surface area (Å²) in [7, 11) is -3.44. The molecular formula is C29H39NO5S. The van der Waals surface area contributed by atoms with Gasteiger partial charge in [0.05, 0.1) is 10.9 Å². The van der Waals surface area contributed by atoms with Gasteiger partial charge in [-0.05, 0) is 87.8 Å². The highest BCUT2D eigenvalue weighted by Crippen LogP contribution is 2.44. The number of ether oxygens (including phenoxy) is 1. The molecule has 0 amide bonds. The van der Waals surface area contributed by atoms with Crippen LogP contribution in [-0.4, -0.2) is 34.6 Å². The fourth-order valence-electron chi connectivity index (χ4n) is 5.75. The van der Waals surface area contributed by atoms with Gasteiger partial charge in [0.25, 0.3) is 0 Å². The smallest absolute Gasteiger partial charge is 0.337 e. The van der Waals surface area contributed by atoms with Gasteiger partial charge in [-0.25, -0.2) is 13.2 Å². The Bertz CT molecular complexity index is 1250. The standard InChI is InChI=1S/C29H39NO5S/c1-18-12-14-21(15-13-18)25-19(2)23-16-30(36(33,34)22-10-8-7-9-11-22)17-24(23)20(3)26(25)27(28(31)32)35-29(4,5)6/h12-15,22,27H,7-11,16-17H2,1-6H3,(H,31,32). The molecule has 1 aliphatic heterocycles. The largest absolute Gasteiger partial charge is 0.479 e. The maximum absolute atomic E-state index is 13.6. The minimum absolute atomic E-state index is 0.282. The quantitative estimate of drug-likeness (QED) is 0.497. The summed E-state index contributed by atoms with van der Waals surface area (Å²) in [5.74, 6) is -1.05. The predicted octanol–water partition coefficient (Wildman–Crippen LogP) is 6.20. The summed E-state index contributed by atoms with van der Waals surface area (Å²) in [5.41, 5.74) is 6.45. The number of hydrogen-bond donors (Lipinski definition) is 1. The van der Waals surface area contributed by atoms with Crippen molar-refractivity contribution in [2.75, 3.05) is 0 Å². The van der Waals surface area contributed by atoms with Crippen LogP contribution in [0.5, 0.6) is 0 Å². The number of carboxylic acid groups (broad SMARTS) is 1. The molecule has 0 radical (unpaired) electrons. The van der Waals surface area contributed by atoms with Crippen LogP contribution in [0.4, 0.5) is 0 Å². The molecule has 7 heteroatoms. The van der Waals surface area contributed by atoms with Gasteiger partial charge in [0.15, 0.2) is 6.10 Å². The predicted molar refractivity (Wildman–Crippen MR) is 142 cm³/mol. The maximum Gasteiger partial charge on any atom is 0.337 e. The van der Waals surface area contributed by atoms with Crippen molar-refractivity contribution < 1.29 is 23.1 Å². The molecule has 2 aromatic carbocycles. The van der Waals surface area contributed by atoms with Crippen LogP contribution in [-0.2, 0) is 32.6 Å². The Labute approximate surface area is 215 Å². The van der Waals surface area contributed by atoms with E-state index in [2.05, 4.69) is 0 Å². The van der Waals surface area contributed by atoms with Crippen molar-refractivity contribution in [2.24, 2.45) is 0 Å².